The molecule has 10 nitrogen and oxygen atoms in total. The van der Waals surface area contributed by atoms with Crippen molar-refractivity contribution in [2.45, 2.75) is 70.6 Å². The van der Waals surface area contributed by atoms with Gasteiger partial charge in [-0.2, -0.15) is 0 Å². The van der Waals surface area contributed by atoms with Gasteiger partial charge in [0.15, 0.2) is 0 Å². The highest BCUT2D eigenvalue weighted by molar-refractivity contribution is 6.02. The average molecular weight is 400 g/mol. The Labute approximate surface area is 165 Å². The van der Waals surface area contributed by atoms with Crippen molar-refractivity contribution in [1.82, 2.24) is 15.5 Å². The zero-order valence-electron chi connectivity index (χ0n) is 16.8. The molecule has 0 saturated carbocycles. The molecular formula is C18H32N4O6. The van der Waals surface area contributed by atoms with E-state index < -0.39 is 48.1 Å². The number of rotatable bonds is 9. The maximum Gasteiger partial charge on any atom is 0.408 e. The van der Waals surface area contributed by atoms with E-state index in [0.29, 0.717) is 32.4 Å². The predicted octanol–water partition coefficient (Wildman–Crippen LogP) is 0.201. The summed E-state index contributed by atoms with van der Waals surface area (Å²) in [5, 5.41) is 14.9. The lowest BCUT2D eigenvalue weighted by Gasteiger charge is -2.30. The molecule has 28 heavy (non-hydrogen) atoms. The smallest absolute Gasteiger partial charge is 0.408 e. The first-order valence-electron chi connectivity index (χ1n) is 9.56. The fourth-order valence-corrected chi connectivity index (χ4v) is 2.91. The number of carbonyl (C=O) groups is 4. The van der Waals surface area contributed by atoms with Gasteiger partial charge in [0.05, 0.1) is 6.04 Å². The predicted molar refractivity (Wildman–Crippen MR) is 101 cm³/mol. The summed E-state index contributed by atoms with van der Waals surface area (Å²) in [6.45, 7) is 5.50. The number of nitrogens with two attached hydrogens (primary N) is 1. The number of alkyl carbamates (subject to hydrolysis) is 1. The topological polar surface area (TPSA) is 151 Å². The lowest BCUT2D eigenvalue weighted by molar-refractivity contribution is -0.158. The maximum atomic E-state index is 12.8. The Kier molecular flexibility index (Phi) is 9.33. The maximum absolute atomic E-state index is 12.8. The molecule has 0 unspecified atom stereocenters. The van der Waals surface area contributed by atoms with Crippen molar-refractivity contribution in [3.8, 4) is 0 Å². The normalized spacial score (nSPS) is 17.6. The molecule has 2 atom stereocenters. The molecule has 0 aromatic rings. The van der Waals surface area contributed by atoms with Gasteiger partial charge in [0.25, 0.3) is 0 Å². The van der Waals surface area contributed by atoms with Crippen molar-refractivity contribution in [3.05, 3.63) is 0 Å². The van der Waals surface area contributed by atoms with Crippen molar-refractivity contribution in [1.29, 1.82) is 0 Å². The minimum atomic E-state index is -1.31. The average Bonchev–Trinajstić information content (AvgIpc) is 3.11. The second kappa shape index (κ2) is 11.0. The number of hydrogen-bond acceptors (Lipinski definition) is 7. The Morgan fingerprint density at radius 3 is 2.46 bits per heavy atom. The van der Waals surface area contributed by atoms with Gasteiger partial charge in [0.2, 0.25) is 11.8 Å². The number of carboxylic acid groups (broad SMARTS) is 1. The minimum Gasteiger partial charge on any atom is -0.480 e. The van der Waals surface area contributed by atoms with Gasteiger partial charge in [-0.1, -0.05) is 0 Å². The molecule has 0 spiro atoms. The number of aliphatic carboxylic acids is 1. The van der Waals surface area contributed by atoms with Gasteiger partial charge in [-0.3, -0.25) is 14.5 Å². The Balaban J connectivity index is 2.91. The molecule has 0 aliphatic carbocycles. The Bertz CT molecular complexity index is 569. The van der Waals surface area contributed by atoms with E-state index in [1.165, 1.54) is 0 Å². The van der Waals surface area contributed by atoms with E-state index >= 15 is 0 Å². The second-order valence-electron chi connectivity index (χ2n) is 7.74. The zero-order chi connectivity index (χ0) is 21.3. The third-order valence-electron chi connectivity index (χ3n) is 4.18. The summed E-state index contributed by atoms with van der Waals surface area (Å²) in [5.74, 6) is -2.65. The van der Waals surface area contributed by atoms with Gasteiger partial charge in [0.1, 0.15) is 18.2 Å². The van der Waals surface area contributed by atoms with Gasteiger partial charge >= 0.3 is 12.1 Å². The molecule has 0 radical (unpaired) electrons. The van der Waals surface area contributed by atoms with E-state index in [1.807, 2.05) is 0 Å². The van der Waals surface area contributed by atoms with Crippen LogP contribution in [0.1, 0.15) is 52.9 Å². The van der Waals surface area contributed by atoms with E-state index in [1.54, 1.807) is 20.8 Å². The van der Waals surface area contributed by atoms with Gasteiger partial charge in [-0.15, -0.1) is 0 Å². The highest BCUT2D eigenvalue weighted by atomic mass is 16.6. The number of unbranched alkanes of at least 4 members (excludes halogenated alkanes) is 1. The minimum absolute atomic E-state index is 0.100. The fourth-order valence-electron chi connectivity index (χ4n) is 2.91. The van der Waals surface area contributed by atoms with Crippen molar-refractivity contribution >= 4 is 23.9 Å². The van der Waals surface area contributed by atoms with E-state index in [4.69, 9.17) is 10.5 Å². The summed E-state index contributed by atoms with van der Waals surface area (Å²) in [5.41, 5.74) is 4.70. The van der Waals surface area contributed by atoms with E-state index in [0.717, 1.165) is 11.3 Å². The number of carboxylic acids is 1. The fraction of sp³-hybridized carbons (Fsp3) is 0.778. The lowest BCUT2D eigenvalue weighted by Crippen LogP contribution is -2.56. The number of nitrogens with zero attached hydrogens (tertiary/aromatic N) is 1. The first-order valence-corrected chi connectivity index (χ1v) is 9.56. The monoisotopic (exact) mass is 400 g/mol. The molecule has 1 aliphatic heterocycles. The van der Waals surface area contributed by atoms with Crippen molar-refractivity contribution < 1.29 is 29.0 Å². The van der Waals surface area contributed by atoms with E-state index in [2.05, 4.69) is 10.6 Å². The van der Waals surface area contributed by atoms with Crippen LogP contribution in [0.5, 0.6) is 0 Å². The van der Waals surface area contributed by atoms with Gasteiger partial charge in [0, 0.05) is 0 Å². The third-order valence-corrected chi connectivity index (χ3v) is 4.18. The molecule has 0 bridgehead atoms. The number of ether oxygens (including phenoxy) is 1. The zero-order valence-corrected chi connectivity index (χ0v) is 16.8. The first-order chi connectivity index (χ1) is 13.1. The number of carbonyl (C=O) groups excluding carboxylic acids is 3. The van der Waals surface area contributed by atoms with Crippen LogP contribution in [-0.4, -0.2) is 71.2 Å². The quantitative estimate of drug-likeness (QED) is 0.401. The van der Waals surface area contributed by atoms with E-state index in [-0.39, 0.29) is 6.42 Å². The largest absolute Gasteiger partial charge is 0.480 e. The third kappa shape index (κ3) is 7.81. The van der Waals surface area contributed by atoms with Crippen LogP contribution < -0.4 is 16.4 Å². The Morgan fingerprint density at radius 1 is 1.29 bits per heavy atom. The SMILES string of the molecule is CC(C)(C)OC(=O)NCC(=O)N(C(=O)[C@@H]1CCCN1)[C@@H](CCCCN)C(=O)O. The molecule has 0 aromatic heterocycles. The van der Waals surface area contributed by atoms with Crippen LogP contribution in [0.15, 0.2) is 0 Å². The molecule has 1 heterocycles. The number of amides is 3. The molecule has 1 fully saturated rings. The van der Waals surface area contributed by atoms with Gasteiger partial charge in [-0.25, -0.2) is 9.59 Å². The number of imide groups is 1. The summed E-state index contributed by atoms with van der Waals surface area (Å²) < 4.78 is 5.07. The highest BCUT2D eigenvalue weighted by Gasteiger charge is 2.38. The molecule has 1 rings (SSSR count). The van der Waals surface area contributed by atoms with Gasteiger partial charge < -0.3 is 26.2 Å². The second-order valence-corrected chi connectivity index (χ2v) is 7.74. The highest BCUT2D eigenvalue weighted by Crippen LogP contribution is 2.16. The lowest BCUT2D eigenvalue weighted by atomic mass is 10.1. The summed E-state index contributed by atoms with van der Waals surface area (Å²) >= 11 is 0. The van der Waals surface area contributed by atoms with Crippen molar-refractivity contribution in [3.63, 3.8) is 0 Å². The molecule has 5 N–H and O–H groups in total. The van der Waals surface area contributed by atoms with Crippen LogP contribution in [0.2, 0.25) is 0 Å². The number of hydrogen-bond donors (Lipinski definition) is 4. The van der Waals surface area contributed by atoms with E-state index in [9.17, 15) is 24.3 Å². The summed E-state index contributed by atoms with van der Waals surface area (Å²) in [6.07, 6.45) is 1.61. The van der Waals surface area contributed by atoms with Gasteiger partial charge in [-0.05, 0) is 66.0 Å². The Hall–Kier alpha value is -2.20. The number of nitrogens with one attached hydrogen (secondary N) is 2. The molecule has 1 aliphatic rings. The summed E-state index contributed by atoms with van der Waals surface area (Å²) in [6, 6.07) is -1.92. The van der Waals surface area contributed by atoms with Crippen LogP contribution >= 0.6 is 0 Å². The summed E-state index contributed by atoms with van der Waals surface area (Å²) in [4.78, 5) is 49.9. The van der Waals surface area contributed by atoms with Crippen LogP contribution in [0, 0.1) is 0 Å². The summed E-state index contributed by atoms with van der Waals surface area (Å²) in [7, 11) is 0. The van der Waals surface area contributed by atoms with Crippen LogP contribution in [-0.2, 0) is 19.1 Å². The van der Waals surface area contributed by atoms with Crippen LogP contribution in [0.25, 0.3) is 0 Å². The van der Waals surface area contributed by atoms with Crippen LogP contribution in [0.3, 0.4) is 0 Å². The van der Waals surface area contributed by atoms with Crippen molar-refractivity contribution in [2.75, 3.05) is 19.6 Å². The molecule has 10 heteroatoms. The van der Waals surface area contributed by atoms with Crippen molar-refractivity contribution in [2.24, 2.45) is 5.73 Å². The molecule has 160 valence electrons. The molecule has 3 amide bonds. The molecule has 0 aromatic carbocycles. The first kappa shape index (κ1) is 23.8. The Morgan fingerprint density at radius 2 is 1.96 bits per heavy atom. The standard InChI is InChI=1S/C18H32N4O6/c1-18(2,3)28-17(27)21-11-14(23)22(15(24)12-7-6-10-20-12)13(16(25)26)8-4-5-9-19/h12-13,20H,4-11,19H2,1-3H3,(H,21,27)(H,25,26)/t12-,13-/m0/s1. The molecular weight excluding hydrogens is 368 g/mol. The van der Waals surface area contributed by atoms with Crippen LogP contribution in [0.4, 0.5) is 4.79 Å². The molecule has 1 saturated heterocycles.